The zero-order chi connectivity index (χ0) is 25.8. The van der Waals surface area contributed by atoms with E-state index < -0.39 is 22.6 Å². The zero-order valence-corrected chi connectivity index (χ0v) is 22.5. The number of aliphatic hydroxyl groups is 1. The molecular weight excluding hydrogens is 462 g/mol. The topological polar surface area (TPSA) is 81.2 Å². The lowest BCUT2D eigenvalue weighted by molar-refractivity contribution is -0.145. The monoisotopic (exact) mass is 505 g/mol. The molecule has 2 bridgehead atoms. The maximum atomic E-state index is 14.1. The van der Waals surface area contributed by atoms with E-state index in [1.807, 2.05) is 16.7 Å². The molecule has 35 heavy (non-hydrogen) atoms. The van der Waals surface area contributed by atoms with Crippen LogP contribution in [0.5, 0.6) is 0 Å². The van der Waals surface area contributed by atoms with Gasteiger partial charge in [-0.2, -0.15) is 0 Å². The number of unbranched alkanes of at least 4 members (excludes halogenated alkanes) is 2. The van der Waals surface area contributed by atoms with Crippen molar-refractivity contribution in [3.8, 4) is 0 Å². The molecule has 8 heteroatoms. The quantitative estimate of drug-likeness (QED) is 0.290. The number of β-amino-alcohol motifs (C(OH)–C–C–N with tert-alkyl or cyclic N) is 1. The molecule has 5 atom stereocenters. The maximum Gasteiger partial charge on any atom is 0.247 e. The molecule has 196 valence electrons. The van der Waals surface area contributed by atoms with Crippen LogP contribution in [0, 0.1) is 11.8 Å². The summed E-state index contributed by atoms with van der Waals surface area (Å²) in [5.74, 6) is -1.28. The lowest BCUT2D eigenvalue weighted by Crippen LogP contribution is -2.55. The number of amides is 3. The predicted molar refractivity (Wildman–Crippen MR) is 141 cm³/mol. The Labute approximate surface area is 215 Å². The number of fused-ring (bicyclic) bond motifs is 1. The molecule has 0 saturated carbocycles. The number of carbonyl (C=O) groups is 3. The van der Waals surface area contributed by atoms with Gasteiger partial charge in [-0.3, -0.25) is 14.4 Å². The van der Waals surface area contributed by atoms with Crippen LogP contribution in [-0.4, -0.2) is 92.4 Å². The first kappa shape index (κ1) is 27.8. The van der Waals surface area contributed by atoms with Crippen molar-refractivity contribution in [3.63, 3.8) is 0 Å². The molecule has 0 aromatic rings. The van der Waals surface area contributed by atoms with E-state index in [9.17, 15) is 19.5 Å². The number of hydrogen-bond acceptors (Lipinski definition) is 5. The van der Waals surface area contributed by atoms with Crippen LogP contribution in [0.4, 0.5) is 0 Å². The van der Waals surface area contributed by atoms with Crippen LogP contribution >= 0.6 is 11.8 Å². The number of hydrogen-bond donors (Lipinski definition) is 1. The minimum absolute atomic E-state index is 0.00961. The number of nitrogens with zero attached hydrogens (tertiary/aromatic N) is 3. The number of likely N-dealkylation sites (tertiary alicyclic amines) is 1. The Morgan fingerprint density at radius 2 is 1.74 bits per heavy atom. The van der Waals surface area contributed by atoms with Gasteiger partial charge in [0.05, 0.1) is 23.2 Å². The van der Waals surface area contributed by atoms with Gasteiger partial charge >= 0.3 is 0 Å². The van der Waals surface area contributed by atoms with E-state index in [1.165, 1.54) is 0 Å². The average Bonchev–Trinajstić information content (AvgIpc) is 3.39. The minimum atomic E-state index is -0.669. The number of thioether (sulfide) groups is 1. The predicted octanol–water partition coefficient (Wildman–Crippen LogP) is 3.09. The van der Waals surface area contributed by atoms with E-state index >= 15 is 0 Å². The van der Waals surface area contributed by atoms with E-state index in [0.29, 0.717) is 26.2 Å². The second-order valence-corrected chi connectivity index (χ2v) is 12.2. The number of carbonyl (C=O) groups excluding carboxylic acids is 3. The Kier molecular flexibility index (Phi) is 9.13. The fourth-order valence-corrected chi connectivity index (χ4v) is 8.86. The highest BCUT2D eigenvalue weighted by molar-refractivity contribution is 8.02. The van der Waals surface area contributed by atoms with Gasteiger partial charge in [0.1, 0.15) is 6.04 Å². The molecule has 3 aliphatic rings. The molecule has 3 amide bonds. The molecule has 3 aliphatic heterocycles. The van der Waals surface area contributed by atoms with E-state index in [0.717, 1.165) is 38.5 Å². The van der Waals surface area contributed by atoms with Crippen LogP contribution in [0.25, 0.3) is 0 Å². The number of rotatable bonds is 14. The molecular formula is C27H43N3O4S. The third-order valence-corrected chi connectivity index (χ3v) is 9.95. The minimum Gasteiger partial charge on any atom is -0.395 e. The van der Waals surface area contributed by atoms with E-state index in [1.54, 1.807) is 28.8 Å². The van der Waals surface area contributed by atoms with Gasteiger partial charge in [0.25, 0.3) is 0 Å². The Morgan fingerprint density at radius 1 is 1.09 bits per heavy atom. The highest BCUT2D eigenvalue weighted by Gasteiger charge is 2.77. The second-order valence-electron chi connectivity index (χ2n) is 10.3. The van der Waals surface area contributed by atoms with Gasteiger partial charge in [-0.1, -0.05) is 38.8 Å². The molecule has 3 rings (SSSR count). The molecule has 0 aromatic heterocycles. The van der Waals surface area contributed by atoms with Crippen LogP contribution < -0.4 is 0 Å². The highest BCUT2D eigenvalue weighted by atomic mass is 32.2. The molecule has 3 fully saturated rings. The van der Waals surface area contributed by atoms with Gasteiger partial charge in [-0.25, -0.2) is 0 Å². The van der Waals surface area contributed by atoms with Crippen LogP contribution in [0.3, 0.4) is 0 Å². The van der Waals surface area contributed by atoms with Crippen LogP contribution in [0.15, 0.2) is 25.3 Å². The zero-order valence-electron chi connectivity index (χ0n) is 21.7. The normalized spacial score (nSPS) is 30.9. The van der Waals surface area contributed by atoms with E-state index in [-0.39, 0.29) is 35.6 Å². The molecule has 3 heterocycles. The van der Waals surface area contributed by atoms with Gasteiger partial charge < -0.3 is 19.8 Å². The SMILES string of the molecule is C=CCN(CCCCC)C(=O)C1N(CCO)C(=O)[C@@H]2[C@@H](C(=O)N(CC=C)CCC)[C@@]3(C)CCC12S3. The molecule has 1 spiro atoms. The van der Waals surface area contributed by atoms with Gasteiger partial charge in [-0.05, 0) is 32.6 Å². The fraction of sp³-hybridized carbons (Fsp3) is 0.741. The van der Waals surface area contributed by atoms with Crippen molar-refractivity contribution < 1.29 is 19.5 Å². The maximum absolute atomic E-state index is 14.1. The molecule has 0 aromatic carbocycles. The first-order valence-electron chi connectivity index (χ1n) is 13.2. The lowest BCUT2D eigenvalue weighted by Gasteiger charge is -2.38. The summed E-state index contributed by atoms with van der Waals surface area (Å²) in [5, 5.41) is 9.82. The summed E-state index contributed by atoms with van der Waals surface area (Å²) in [7, 11) is 0. The van der Waals surface area contributed by atoms with E-state index in [4.69, 9.17) is 0 Å². The van der Waals surface area contributed by atoms with Crippen LogP contribution in [0.2, 0.25) is 0 Å². The van der Waals surface area contributed by atoms with Gasteiger partial charge in [0.15, 0.2) is 0 Å². The second kappa shape index (κ2) is 11.5. The van der Waals surface area contributed by atoms with Crippen molar-refractivity contribution in [2.75, 3.05) is 39.3 Å². The Hall–Kier alpha value is -1.80. The summed E-state index contributed by atoms with van der Waals surface area (Å²) in [5.41, 5.74) is 0. The molecule has 7 nitrogen and oxygen atoms in total. The number of aliphatic hydroxyl groups excluding tert-OH is 1. The fourth-order valence-electron chi connectivity index (χ4n) is 6.52. The van der Waals surface area contributed by atoms with Crippen molar-refractivity contribution in [3.05, 3.63) is 25.3 Å². The van der Waals surface area contributed by atoms with Gasteiger partial charge in [-0.15, -0.1) is 24.9 Å². The molecule has 0 radical (unpaired) electrons. The average molecular weight is 506 g/mol. The molecule has 2 unspecified atom stereocenters. The molecule has 1 N–H and O–H groups in total. The molecule has 3 saturated heterocycles. The summed E-state index contributed by atoms with van der Waals surface area (Å²) in [4.78, 5) is 47.1. The Morgan fingerprint density at radius 3 is 2.31 bits per heavy atom. The van der Waals surface area contributed by atoms with Crippen molar-refractivity contribution in [2.24, 2.45) is 11.8 Å². The third kappa shape index (κ3) is 4.80. The summed E-state index contributed by atoms with van der Waals surface area (Å²) in [6, 6.07) is -0.669. The lowest BCUT2D eigenvalue weighted by atomic mass is 9.66. The molecule has 0 aliphatic carbocycles. The Balaban J connectivity index is 2.01. The first-order valence-corrected chi connectivity index (χ1v) is 14.0. The largest absolute Gasteiger partial charge is 0.395 e. The van der Waals surface area contributed by atoms with Crippen molar-refractivity contribution in [1.29, 1.82) is 0 Å². The van der Waals surface area contributed by atoms with Crippen molar-refractivity contribution >= 4 is 29.5 Å². The van der Waals surface area contributed by atoms with Crippen molar-refractivity contribution in [1.82, 2.24) is 14.7 Å². The summed E-state index contributed by atoms with van der Waals surface area (Å²) in [6.07, 6.45) is 8.78. The summed E-state index contributed by atoms with van der Waals surface area (Å²) in [6.45, 7) is 15.9. The third-order valence-electron chi connectivity index (χ3n) is 7.96. The van der Waals surface area contributed by atoms with Gasteiger partial charge in [0.2, 0.25) is 17.7 Å². The van der Waals surface area contributed by atoms with Crippen molar-refractivity contribution in [2.45, 2.75) is 74.8 Å². The van der Waals surface area contributed by atoms with Crippen LogP contribution in [-0.2, 0) is 14.4 Å². The van der Waals surface area contributed by atoms with E-state index in [2.05, 4.69) is 27.0 Å². The smallest absolute Gasteiger partial charge is 0.247 e. The Bertz CT molecular complexity index is 835. The highest BCUT2D eigenvalue weighted by Crippen LogP contribution is 2.71. The van der Waals surface area contributed by atoms with Gasteiger partial charge in [0, 0.05) is 37.5 Å². The van der Waals surface area contributed by atoms with Crippen LogP contribution in [0.1, 0.15) is 59.3 Å². The standard InChI is InChI=1S/C27H43N3O4S/c1-6-10-11-17-29(16-9-4)25(34)22-27-13-12-26(5,35-27)20(21(27)24(33)30(22)18-19-31)23(32)28(14-7-2)15-8-3/h7,9,20-22,31H,2,4,6,8,10-19H2,1,3,5H3/t20-,21-,22?,26+,27?/m0/s1. The first-order chi connectivity index (χ1) is 16.8. The summed E-state index contributed by atoms with van der Waals surface area (Å²) < 4.78 is -1.03. The summed E-state index contributed by atoms with van der Waals surface area (Å²) >= 11 is 1.68.